The van der Waals surface area contributed by atoms with Gasteiger partial charge in [0.15, 0.2) is 0 Å². The van der Waals surface area contributed by atoms with Crippen LogP contribution < -0.4 is 5.32 Å². The second kappa shape index (κ2) is 3.77. The minimum absolute atomic E-state index is 0.000735. The van der Waals surface area contributed by atoms with Gasteiger partial charge in [-0.2, -0.15) is 0 Å². The van der Waals surface area contributed by atoms with Crippen molar-refractivity contribution in [1.29, 1.82) is 0 Å². The Hall–Kier alpha value is -1.77. The number of carbonyl (C=O) groups is 1. The molecule has 15 heavy (non-hydrogen) atoms. The highest BCUT2D eigenvalue weighted by Gasteiger charge is 2.08. The number of nitrogens with one attached hydrogen (secondary N) is 1. The number of carbonyl (C=O) groups excluding carboxylic acids is 1. The maximum atomic E-state index is 11.3. The Balaban J connectivity index is 2.43. The highest BCUT2D eigenvalue weighted by atomic mass is 16.3. The van der Waals surface area contributed by atoms with Gasteiger partial charge in [0.1, 0.15) is 5.58 Å². The number of fused-ring (bicyclic) bond motifs is 1. The van der Waals surface area contributed by atoms with Crippen molar-refractivity contribution < 1.29 is 9.21 Å². The van der Waals surface area contributed by atoms with Crippen molar-refractivity contribution in [2.24, 2.45) is 0 Å². The van der Waals surface area contributed by atoms with Crippen LogP contribution in [0.3, 0.4) is 0 Å². The molecule has 0 aliphatic rings. The second-order valence-electron chi connectivity index (χ2n) is 3.61. The average Bonchev–Trinajstić information content (AvgIpc) is 2.61. The number of rotatable bonds is 2. The number of hydrogen-bond acceptors (Lipinski definition) is 2. The summed E-state index contributed by atoms with van der Waals surface area (Å²) in [6, 6.07) is 5.96. The lowest BCUT2D eigenvalue weighted by Gasteiger charge is -1.97. The first kappa shape index (κ1) is 9.77. The van der Waals surface area contributed by atoms with E-state index in [1.54, 1.807) is 13.3 Å². The smallest absolute Gasteiger partial charge is 0.224 e. The van der Waals surface area contributed by atoms with Gasteiger partial charge in [-0.25, -0.2) is 0 Å². The van der Waals surface area contributed by atoms with E-state index in [4.69, 9.17) is 4.42 Å². The molecular weight excluding hydrogens is 190 g/mol. The monoisotopic (exact) mass is 203 g/mol. The molecule has 1 aromatic carbocycles. The van der Waals surface area contributed by atoms with E-state index in [1.165, 1.54) is 5.56 Å². The second-order valence-corrected chi connectivity index (χ2v) is 3.61. The summed E-state index contributed by atoms with van der Waals surface area (Å²) in [6.07, 6.45) is 2.02. The van der Waals surface area contributed by atoms with Gasteiger partial charge in [0.05, 0.1) is 12.7 Å². The predicted octanol–water partition coefficient (Wildman–Crippen LogP) is 2.03. The molecule has 0 aliphatic heterocycles. The average molecular weight is 203 g/mol. The van der Waals surface area contributed by atoms with Crippen LogP contribution in [0, 0.1) is 6.92 Å². The highest BCUT2D eigenvalue weighted by molar-refractivity contribution is 5.87. The van der Waals surface area contributed by atoms with Crippen molar-refractivity contribution in [3.63, 3.8) is 0 Å². The third-order valence-corrected chi connectivity index (χ3v) is 2.44. The molecule has 0 aliphatic carbocycles. The molecule has 0 radical (unpaired) electrons. The third-order valence-electron chi connectivity index (χ3n) is 2.44. The summed E-state index contributed by atoms with van der Waals surface area (Å²) >= 11 is 0. The molecule has 78 valence electrons. The van der Waals surface area contributed by atoms with Crippen LogP contribution in [-0.4, -0.2) is 13.0 Å². The lowest BCUT2D eigenvalue weighted by molar-refractivity contribution is -0.119. The van der Waals surface area contributed by atoms with Crippen molar-refractivity contribution in [3.8, 4) is 0 Å². The number of aryl methyl sites for hydroxylation is 1. The number of hydrogen-bond donors (Lipinski definition) is 1. The zero-order valence-corrected chi connectivity index (χ0v) is 8.83. The fourth-order valence-corrected chi connectivity index (χ4v) is 1.59. The normalized spacial score (nSPS) is 10.5. The van der Waals surface area contributed by atoms with Crippen LogP contribution in [0.15, 0.2) is 28.9 Å². The van der Waals surface area contributed by atoms with Crippen LogP contribution in [0.4, 0.5) is 0 Å². The molecule has 0 saturated carbocycles. The van der Waals surface area contributed by atoms with E-state index in [0.29, 0.717) is 6.42 Å². The Morgan fingerprint density at radius 1 is 1.47 bits per heavy atom. The Morgan fingerprint density at radius 2 is 2.27 bits per heavy atom. The van der Waals surface area contributed by atoms with Gasteiger partial charge in [0.25, 0.3) is 0 Å². The molecular formula is C12H13NO2. The molecule has 0 bridgehead atoms. The molecule has 1 N–H and O–H groups in total. The van der Waals surface area contributed by atoms with E-state index in [0.717, 1.165) is 16.5 Å². The summed E-state index contributed by atoms with van der Waals surface area (Å²) in [7, 11) is 1.63. The molecule has 3 nitrogen and oxygen atoms in total. The summed E-state index contributed by atoms with van der Waals surface area (Å²) < 4.78 is 5.37. The summed E-state index contributed by atoms with van der Waals surface area (Å²) in [5, 5.41) is 3.63. The van der Waals surface area contributed by atoms with Crippen LogP contribution in [-0.2, 0) is 11.2 Å². The minimum Gasteiger partial charge on any atom is -0.464 e. The molecule has 0 fully saturated rings. The van der Waals surface area contributed by atoms with Crippen LogP contribution in [0.2, 0.25) is 0 Å². The molecule has 1 heterocycles. The molecule has 0 unspecified atom stereocenters. The van der Waals surface area contributed by atoms with Gasteiger partial charge in [-0.1, -0.05) is 11.6 Å². The zero-order valence-electron chi connectivity index (χ0n) is 8.83. The molecule has 1 aromatic heterocycles. The summed E-state index contributed by atoms with van der Waals surface area (Å²) in [6.45, 7) is 2.02. The lowest BCUT2D eigenvalue weighted by Crippen LogP contribution is -2.19. The fourth-order valence-electron chi connectivity index (χ4n) is 1.59. The van der Waals surface area contributed by atoms with Crippen molar-refractivity contribution >= 4 is 16.9 Å². The standard InChI is InChI=1S/C12H13NO2/c1-8-3-4-11-10(5-8)9(7-15-11)6-12(14)13-2/h3-5,7H,6H2,1-2H3,(H,13,14). The van der Waals surface area contributed by atoms with Crippen molar-refractivity contribution in [2.75, 3.05) is 7.05 Å². The van der Waals surface area contributed by atoms with Gasteiger partial charge >= 0.3 is 0 Å². The van der Waals surface area contributed by atoms with Gasteiger partial charge < -0.3 is 9.73 Å². The van der Waals surface area contributed by atoms with Gasteiger partial charge in [-0.15, -0.1) is 0 Å². The largest absolute Gasteiger partial charge is 0.464 e. The maximum Gasteiger partial charge on any atom is 0.224 e. The Morgan fingerprint density at radius 3 is 3.00 bits per heavy atom. The van der Waals surface area contributed by atoms with Gasteiger partial charge in [0, 0.05) is 18.0 Å². The zero-order chi connectivity index (χ0) is 10.8. The molecule has 0 spiro atoms. The number of likely N-dealkylation sites (N-methyl/N-ethyl adjacent to an activating group) is 1. The van der Waals surface area contributed by atoms with Crippen molar-refractivity contribution in [1.82, 2.24) is 5.32 Å². The number of furan rings is 1. The van der Waals surface area contributed by atoms with Crippen molar-refractivity contribution in [2.45, 2.75) is 13.3 Å². The Bertz CT molecular complexity index is 499. The fraction of sp³-hybridized carbons (Fsp3) is 0.250. The topological polar surface area (TPSA) is 42.2 Å². The van der Waals surface area contributed by atoms with Gasteiger partial charge in [0.2, 0.25) is 5.91 Å². The number of benzene rings is 1. The molecule has 0 atom stereocenters. The Kier molecular flexibility index (Phi) is 2.46. The summed E-state index contributed by atoms with van der Waals surface area (Å²) in [5.41, 5.74) is 2.94. The van der Waals surface area contributed by atoms with E-state index in [1.807, 2.05) is 25.1 Å². The number of amides is 1. The molecule has 2 aromatic rings. The molecule has 3 heteroatoms. The van der Waals surface area contributed by atoms with Crippen LogP contribution in [0.1, 0.15) is 11.1 Å². The van der Waals surface area contributed by atoms with Gasteiger partial charge in [-0.05, 0) is 19.1 Å². The van der Waals surface area contributed by atoms with E-state index in [2.05, 4.69) is 5.32 Å². The van der Waals surface area contributed by atoms with Crippen molar-refractivity contribution in [3.05, 3.63) is 35.6 Å². The van der Waals surface area contributed by atoms with Crippen LogP contribution >= 0.6 is 0 Å². The van der Waals surface area contributed by atoms with E-state index in [9.17, 15) is 4.79 Å². The quantitative estimate of drug-likeness (QED) is 0.811. The van der Waals surface area contributed by atoms with Gasteiger partial charge in [-0.3, -0.25) is 4.79 Å². The van der Waals surface area contributed by atoms with E-state index in [-0.39, 0.29) is 5.91 Å². The predicted molar refractivity (Wildman–Crippen MR) is 58.7 cm³/mol. The van der Waals surface area contributed by atoms with Crippen LogP contribution in [0.5, 0.6) is 0 Å². The molecule has 0 saturated heterocycles. The SMILES string of the molecule is CNC(=O)Cc1coc2ccc(C)cc12. The first-order valence-electron chi connectivity index (χ1n) is 4.88. The van der Waals surface area contributed by atoms with E-state index < -0.39 is 0 Å². The Labute approximate surface area is 88.1 Å². The molecule has 2 rings (SSSR count). The first-order chi connectivity index (χ1) is 7.20. The minimum atomic E-state index is -0.000735. The lowest BCUT2D eigenvalue weighted by atomic mass is 10.1. The third kappa shape index (κ3) is 1.86. The van der Waals surface area contributed by atoms with E-state index >= 15 is 0 Å². The molecule has 1 amide bonds. The first-order valence-corrected chi connectivity index (χ1v) is 4.88. The highest BCUT2D eigenvalue weighted by Crippen LogP contribution is 2.22. The summed E-state index contributed by atoms with van der Waals surface area (Å²) in [5.74, 6) is -0.000735. The summed E-state index contributed by atoms with van der Waals surface area (Å²) in [4.78, 5) is 11.3. The maximum absolute atomic E-state index is 11.3. The van der Waals surface area contributed by atoms with Crippen LogP contribution in [0.25, 0.3) is 11.0 Å².